The van der Waals surface area contributed by atoms with Crippen LogP contribution in [0.25, 0.3) is 10.9 Å². The summed E-state index contributed by atoms with van der Waals surface area (Å²) in [5.41, 5.74) is 1.03. The minimum absolute atomic E-state index is 0. The third-order valence-corrected chi connectivity index (χ3v) is 3.40. The Morgan fingerprint density at radius 1 is 1.22 bits per heavy atom. The first-order chi connectivity index (χ1) is 7.83. The van der Waals surface area contributed by atoms with Gasteiger partial charge in [-0.25, -0.2) is 0 Å². The van der Waals surface area contributed by atoms with Crippen molar-refractivity contribution in [3.8, 4) is 0 Å². The number of fused-ring (bicyclic) bond motifs is 1. The quantitative estimate of drug-likeness (QED) is 0.874. The van der Waals surface area contributed by atoms with E-state index in [9.17, 15) is 0 Å². The van der Waals surface area contributed by atoms with Gasteiger partial charge in [0.1, 0.15) is 0 Å². The first kappa shape index (κ1) is 15.6. The summed E-state index contributed by atoms with van der Waals surface area (Å²) in [7, 11) is 0. The molecule has 1 aliphatic heterocycles. The summed E-state index contributed by atoms with van der Waals surface area (Å²) in [4.78, 5) is 0. The van der Waals surface area contributed by atoms with Gasteiger partial charge in [0, 0.05) is 16.6 Å². The maximum Gasteiger partial charge on any atom is 0.0924 e. The molecule has 2 aromatic rings. The van der Waals surface area contributed by atoms with Crippen LogP contribution in [0.4, 0.5) is 0 Å². The van der Waals surface area contributed by atoms with Gasteiger partial charge >= 0.3 is 0 Å². The van der Waals surface area contributed by atoms with E-state index < -0.39 is 0 Å². The number of benzene rings is 1. The Kier molecular flexibility index (Phi) is 5.73. The number of rotatable bonds is 1. The van der Waals surface area contributed by atoms with Crippen molar-refractivity contribution in [1.82, 2.24) is 15.1 Å². The van der Waals surface area contributed by atoms with Gasteiger partial charge in [-0.05, 0) is 44.1 Å². The first-order valence-electron chi connectivity index (χ1n) is 5.68. The normalized spacial score (nSPS) is 16.1. The van der Waals surface area contributed by atoms with Crippen LogP contribution in [0, 0.1) is 0 Å². The molecule has 0 amide bonds. The second-order valence-electron chi connectivity index (χ2n) is 4.29. The Hall–Kier alpha value is -0.480. The van der Waals surface area contributed by atoms with Gasteiger partial charge in [-0.15, -0.1) is 24.8 Å². The fourth-order valence-corrected chi connectivity index (χ4v) is 2.45. The molecule has 1 fully saturated rings. The number of hydrogen-bond donors (Lipinski definition) is 1. The maximum atomic E-state index is 5.97. The number of aromatic nitrogens is 2. The van der Waals surface area contributed by atoms with Crippen LogP contribution in [0.3, 0.4) is 0 Å². The summed E-state index contributed by atoms with van der Waals surface area (Å²) in [6.45, 7) is 2.17. The second-order valence-corrected chi connectivity index (χ2v) is 4.73. The Morgan fingerprint density at radius 2 is 1.94 bits per heavy atom. The Morgan fingerprint density at radius 3 is 2.67 bits per heavy atom. The van der Waals surface area contributed by atoms with Crippen LogP contribution in [-0.4, -0.2) is 22.9 Å². The highest BCUT2D eigenvalue weighted by Crippen LogP contribution is 2.23. The van der Waals surface area contributed by atoms with E-state index in [1.54, 1.807) is 0 Å². The van der Waals surface area contributed by atoms with Crippen molar-refractivity contribution < 1.29 is 0 Å². The van der Waals surface area contributed by atoms with Crippen LogP contribution in [0.1, 0.15) is 18.9 Å². The summed E-state index contributed by atoms with van der Waals surface area (Å²) in [5.74, 6) is 0. The molecule has 0 radical (unpaired) electrons. The molecule has 3 nitrogen and oxygen atoms in total. The molecular formula is C12H16Cl3N3. The van der Waals surface area contributed by atoms with Gasteiger partial charge in [-0.1, -0.05) is 11.6 Å². The lowest BCUT2D eigenvalue weighted by atomic mass is 10.1. The molecule has 0 saturated carbocycles. The number of hydrogen-bond acceptors (Lipinski definition) is 2. The van der Waals surface area contributed by atoms with Gasteiger partial charge in [0.2, 0.25) is 0 Å². The highest BCUT2D eigenvalue weighted by atomic mass is 35.5. The lowest BCUT2D eigenvalue weighted by Crippen LogP contribution is -2.29. The average molecular weight is 309 g/mol. The molecule has 6 heteroatoms. The summed E-state index contributed by atoms with van der Waals surface area (Å²) in [6.07, 6.45) is 4.42. The van der Waals surface area contributed by atoms with Crippen molar-refractivity contribution in [3.63, 3.8) is 0 Å². The molecule has 1 aromatic carbocycles. The van der Waals surface area contributed by atoms with E-state index in [1.165, 1.54) is 0 Å². The van der Waals surface area contributed by atoms with Crippen LogP contribution in [0.15, 0.2) is 24.4 Å². The fourth-order valence-electron chi connectivity index (χ4n) is 2.27. The minimum atomic E-state index is 0. The largest absolute Gasteiger partial charge is 0.317 e. The minimum Gasteiger partial charge on any atom is -0.317 e. The monoisotopic (exact) mass is 307 g/mol. The van der Waals surface area contributed by atoms with E-state index in [1.807, 2.05) is 18.2 Å². The molecule has 100 valence electrons. The molecule has 1 aromatic heterocycles. The molecule has 1 aliphatic rings. The van der Waals surface area contributed by atoms with Gasteiger partial charge in [-0.2, -0.15) is 5.10 Å². The van der Waals surface area contributed by atoms with Crippen LogP contribution in [0.2, 0.25) is 5.02 Å². The molecule has 1 N–H and O–H groups in total. The van der Waals surface area contributed by atoms with Gasteiger partial charge < -0.3 is 5.32 Å². The van der Waals surface area contributed by atoms with Crippen LogP contribution in [0.5, 0.6) is 0 Å². The predicted octanol–water partition coefficient (Wildman–Crippen LogP) is 3.46. The smallest absolute Gasteiger partial charge is 0.0924 e. The maximum absolute atomic E-state index is 5.97. The molecule has 3 rings (SSSR count). The highest BCUT2D eigenvalue weighted by molar-refractivity contribution is 6.31. The van der Waals surface area contributed by atoms with E-state index in [-0.39, 0.29) is 24.8 Å². The van der Waals surface area contributed by atoms with E-state index in [4.69, 9.17) is 11.6 Å². The molecule has 0 aliphatic carbocycles. The van der Waals surface area contributed by atoms with Crippen molar-refractivity contribution in [2.75, 3.05) is 13.1 Å². The molecular weight excluding hydrogens is 293 g/mol. The average Bonchev–Trinajstić information content (AvgIpc) is 2.73. The van der Waals surface area contributed by atoms with Gasteiger partial charge in [-0.3, -0.25) is 4.68 Å². The number of halogens is 3. The Labute approximate surface area is 124 Å². The number of piperidine rings is 1. The van der Waals surface area contributed by atoms with Crippen molar-refractivity contribution in [3.05, 3.63) is 29.4 Å². The SMILES string of the molecule is Cl.Cl.Clc1ccc2nn(C3CCNCC3)cc2c1. The molecule has 2 heterocycles. The molecule has 0 spiro atoms. The number of nitrogens with zero attached hydrogens (tertiary/aromatic N) is 2. The van der Waals surface area contributed by atoms with Crippen LogP contribution < -0.4 is 5.32 Å². The lowest BCUT2D eigenvalue weighted by molar-refractivity contribution is 0.345. The fraction of sp³-hybridized carbons (Fsp3) is 0.417. The zero-order valence-electron chi connectivity index (χ0n) is 9.80. The summed E-state index contributed by atoms with van der Waals surface area (Å²) in [5, 5.41) is 9.88. The van der Waals surface area contributed by atoms with Gasteiger partial charge in [0.25, 0.3) is 0 Å². The van der Waals surface area contributed by atoms with Gasteiger partial charge in [0.05, 0.1) is 11.6 Å². The van der Waals surface area contributed by atoms with Crippen molar-refractivity contribution in [2.24, 2.45) is 0 Å². The zero-order chi connectivity index (χ0) is 11.0. The van der Waals surface area contributed by atoms with E-state index in [0.717, 1.165) is 41.9 Å². The third-order valence-electron chi connectivity index (χ3n) is 3.17. The molecule has 0 unspecified atom stereocenters. The third kappa shape index (κ3) is 3.09. The summed E-state index contributed by atoms with van der Waals surface area (Å²) >= 11 is 5.97. The van der Waals surface area contributed by atoms with E-state index in [2.05, 4.69) is 21.3 Å². The lowest BCUT2D eigenvalue weighted by Gasteiger charge is -2.22. The summed E-state index contributed by atoms with van der Waals surface area (Å²) < 4.78 is 2.10. The van der Waals surface area contributed by atoms with Crippen LogP contribution >= 0.6 is 36.4 Å². The molecule has 0 atom stereocenters. The van der Waals surface area contributed by atoms with Crippen molar-refractivity contribution in [2.45, 2.75) is 18.9 Å². The topological polar surface area (TPSA) is 29.9 Å². The second kappa shape index (κ2) is 6.62. The van der Waals surface area contributed by atoms with Crippen LogP contribution in [-0.2, 0) is 0 Å². The molecule has 18 heavy (non-hydrogen) atoms. The zero-order valence-corrected chi connectivity index (χ0v) is 12.2. The predicted molar refractivity (Wildman–Crippen MR) is 80.4 cm³/mol. The highest BCUT2D eigenvalue weighted by Gasteiger charge is 2.15. The standard InChI is InChI=1S/C12H14ClN3.2ClH/c13-10-1-2-12-9(7-10)8-16(15-12)11-3-5-14-6-4-11;;/h1-2,7-8,11,14H,3-6H2;2*1H. The van der Waals surface area contributed by atoms with Crippen molar-refractivity contribution >= 4 is 47.3 Å². The number of nitrogens with one attached hydrogen (secondary N) is 1. The molecule has 0 bridgehead atoms. The molecule has 1 saturated heterocycles. The first-order valence-corrected chi connectivity index (χ1v) is 6.06. The Balaban J connectivity index is 0.000000810. The van der Waals surface area contributed by atoms with E-state index >= 15 is 0 Å². The summed E-state index contributed by atoms with van der Waals surface area (Å²) in [6, 6.07) is 6.38. The Bertz CT molecular complexity index is 506. The van der Waals surface area contributed by atoms with Gasteiger partial charge in [0.15, 0.2) is 0 Å². The van der Waals surface area contributed by atoms with E-state index in [0.29, 0.717) is 6.04 Å². The van der Waals surface area contributed by atoms with Crippen molar-refractivity contribution in [1.29, 1.82) is 0 Å².